The number of carbonyl (C=O) groups is 1. The van der Waals surface area contributed by atoms with E-state index in [4.69, 9.17) is 9.47 Å². The number of nitrogens with zero attached hydrogens (tertiary/aromatic N) is 3. The Bertz CT molecular complexity index is 657. The Morgan fingerprint density at radius 3 is 2.96 bits per heavy atom. The highest BCUT2D eigenvalue weighted by Crippen LogP contribution is 2.25. The molecule has 128 valence electrons. The third-order valence-corrected chi connectivity index (χ3v) is 4.25. The van der Waals surface area contributed by atoms with E-state index in [0.717, 1.165) is 19.4 Å². The Hall–Kier alpha value is -2.34. The highest BCUT2D eigenvalue weighted by atomic mass is 16.5. The summed E-state index contributed by atoms with van der Waals surface area (Å²) in [5.41, 5.74) is 0.606. The highest BCUT2D eigenvalue weighted by Gasteiger charge is 2.27. The number of hydrogen-bond acceptors (Lipinski definition) is 4. The van der Waals surface area contributed by atoms with Gasteiger partial charge in [0.15, 0.2) is 0 Å². The zero-order valence-corrected chi connectivity index (χ0v) is 13.9. The van der Waals surface area contributed by atoms with Gasteiger partial charge >= 0.3 is 0 Å². The SMILES string of the molecule is COCCOc1ccccc1C(=O)N1CCC[C@H](n2cccn2)C1. The maximum atomic E-state index is 13.0. The number of piperidine rings is 1. The first-order valence-electron chi connectivity index (χ1n) is 8.29. The van der Waals surface area contributed by atoms with Crippen LogP contribution in [0.4, 0.5) is 0 Å². The summed E-state index contributed by atoms with van der Waals surface area (Å²) in [5.74, 6) is 0.626. The molecule has 1 aliphatic rings. The van der Waals surface area contributed by atoms with Crippen molar-refractivity contribution in [1.82, 2.24) is 14.7 Å². The Morgan fingerprint density at radius 2 is 2.17 bits per heavy atom. The van der Waals surface area contributed by atoms with E-state index in [1.807, 2.05) is 46.1 Å². The van der Waals surface area contributed by atoms with Gasteiger partial charge < -0.3 is 14.4 Å². The van der Waals surface area contributed by atoms with Crippen LogP contribution in [0, 0.1) is 0 Å². The summed E-state index contributed by atoms with van der Waals surface area (Å²) in [6.45, 7) is 2.36. The van der Waals surface area contributed by atoms with Crippen LogP contribution < -0.4 is 4.74 Å². The standard InChI is InChI=1S/C18H23N3O3/c1-23-12-13-24-17-8-3-2-7-16(17)18(22)20-10-4-6-15(14-20)21-11-5-9-19-21/h2-3,5,7-9,11,15H,4,6,10,12-14H2,1H3/t15-/m0/s1. The molecule has 0 bridgehead atoms. The molecular formula is C18H23N3O3. The molecule has 0 N–H and O–H groups in total. The number of para-hydroxylation sites is 1. The Labute approximate surface area is 142 Å². The zero-order chi connectivity index (χ0) is 16.8. The fourth-order valence-electron chi connectivity index (χ4n) is 3.03. The molecular weight excluding hydrogens is 306 g/mol. The van der Waals surface area contributed by atoms with Gasteiger partial charge in [-0.2, -0.15) is 5.10 Å². The average molecular weight is 329 g/mol. The molecule has 2 heterocycles. The number of methoxy groups -OCH3 is 1. The molecule has 6 heteroatoms. The van der Waals surface area contributed by atoms with E-state index in [2.05, 4.69) is 5.10 Å². The van der Waals surface area contributed by atoms with Crippen molar-refractivity contribution >= 4 is 5.91 Å². The lowest BCUT2D eigenvalue weighted by molar-refractivity contribution is 0.0666. The lowest BCUT2D eigenvalue weighted by atomic mass is 10.0. The van der Waals surface area contributed by atoms with Gasteiger partial charge in [-0.1, -0.05) is 12.1 Å². The van der Waals surface area contributed by atoms with Gasteiger partial charge in [-0.25, -0.2) is 0 Å². The van der Waals surface area contributed by atoms with E-state index in [0.29, 0.717) is 31.1 Å². The lowest BCUT2D eigenvalue weighted by Crippen LogP contribution is -2.41. The van der Waals surface area contributed by atoms with Crippen molar-refractivity contribution in [3.8, 4) is 5.75 Å². The molecule has 0 spiro atoms. The van der Waals surface area contributed by atoms with Gasteiger partial charge in [0.1, 0.15) is 12.4 Å². The smallest absolute Gasteiger partial charge is 0.257 e. The molecule has 24 heavy (non-hydrogen) atoms. The van der Waals surface area contributed by atoms with Crippen molar-refractivity contribution in [2.75, 3.05) is 33.4 Å². The normalized spacial score (nSPS) is 17.7. The molecule has 1 amide bonds. The van der Waals surface area contributed by atoms with Crippen molar-refractivity contribution < 1.29 is 14.3 Å². The van der Waals surface area contributed by atoms with Crippen LogP contribution in [0.2, 0.25) is 0 Å². The summed E-state index contributed by atoms with van der Waals surface area (Å²) in [4.78, 5) is 14.9. The number of rotatable bonds is 6. The molecule has 6 nitrogen and oxygen atoms in total. The van der Waals surface area contributed by atoms with Crippen molar-refractivity contribution in [1.29, 1.82) is 0 Å². The van der Waals surface area contributed by atoms with Gasteiger partial charge in [-0.3, -0.25) is 9.48 Å². The molecule has 0 unspecified atom stereocenters. The lowest BCUT2D eigenvalue weighted by Gasteiger charge is -2.33. The van der Waals surface area contributed by atoms with Crippen LogP contribution in [-0.2, 0) is 4.74 Å². The van der Waals surface area contributed by atoms with Crippen LogP contribution in [0.3, 0.4) is 0 Å². The van der Waals surface area contributed by atoms with Gasteiger partial charge in [0, 0.05) is 32.6 Å². The van der Waals surface area contributed by atoms with E-state index in [9.17, 15) is 4.79 Å². The topological polar surface area (TPSA) is 56.6 Å². The van der Waals surface area contributed by atoms with Crippen LogP contribution >= 0.6 is 0 Å². The molecule has 0 aliphatic carbocycles. The third kappa shape index (κ3) is 3.76. The molecule has 3 rings (SSSR count). The average Bonchev–Trinajstić information content (AvgIpc) is 3.17. The molecule has 1 aromatic carbocycles. The fourth-order valence-corrected chi connectivity index (χ4v) is 3.03. The van der Waals surface area contributed by atoms with Crippen LogP contribution in [-0.4, -0.2) is 54.0 Å². The van der Waals surface area contributed by atoms with Gasteiger partial charge in [0.25, 0.3) is 5.91 Å². The number of likely N-dealkylation sites (tertiary alicyclic amines) is 1. The number of hydrogen-bond donors (Lipinski definition) is 0. The maximum Gasteiger partial charge on any atom is 0.257 e. The number of amides is 1. The Balaban J connectivity index is 1.71. The Morgan fingerprint density at radius 1 is 1.29 bits per heavy atom. The summed E-state index contributed by atoms with van der Waals surface area (Å²) in [5, 5.41) is 4.31. The molecule has 1 atom stereocenters. The van der Waals surface area contributed by atoms with Crippen LogP contribution in [0.5, 0.6) is 5.75 Å². The monoisotopic (exact) mass is 329 g/mol. The quantitative estimate of drug-likeness (QED) is 0.764. The van der Waals surface area contributed by atoms with Gasteiger partial charge in [-0.15, -0.1) is 0 Å². The number of ether oxygens (including phenoxy) is 2. The number of benzene rings is 1. The van der Waals surface area contributed by atoms with Gasteiger partial charge in [0.2, 0.25) is 0 Å². The summed E-state index contributed by atoms with van der Waals surface area (Å²) in [7, 11) is 1.63. The van der Waals surface area contributed by atoms with Crippen LogP contribution in [0.25, 0.3) is 0 Å². The molecule has 1 saturated heterocycles. The van der Waals surface area contributed by atoms with Crippen molar-refractivity contribution in [2.45, 2.75) is 18.9 Å². The molecule has 0 radical (unpaired) electrons. The van der Waals surface area contributed by atoms with Crippen molar-refractivity contribution in [3.05, 3.63) is 48.3 Å². The summed E-state index contributed by atoms with van der Waals surface area (Å²) in [6.07, 6.45) is 5.75. The second kappa shape index (κ2) is 7.97. The summed E-state index contributed by atoms with van der Waals surface area (Å²) >= 11 is 0. The molecule has 2 aromatic rings. The van der Waals surface area contributed by atoms with Crippen LogP contribution in [0.1, 0.15) is 29.2 Å². The Kier molecular flexibility index (Phi) is 5.48. The minimum absolute atomic E-state index is 0.0138. The minimum atomic E-state index is 0.0138. The second-order valence-electron chi connectivity index (χ2n) is 5.87. The summed E-state index contributed by atoms with van der Waals surface area (Å²) < 4.78 is 12.6. The number of aromatic nitrogens is 2. The van der Waals surface area contributed by atoms with Gasteiger partial charge in [0.05, 0.1) is 18.2 Å². The first-order valence-corrected chi connectivity index (χ1v) is 8.29. The van der Waals surface area contributed by atoms with Crippen molar-refractivity contribution in [3.63, 3.8) is 0 Å². The van der Waals surface area contributed by atoms with Crippen molar-refractivity contribution in [2.24, 2.45) is 0 Å². The zero-order valence-electron chi connectivity index (χ0n) is 13.9. The van der Waals surface area contributed by atoms with Gasteiger partial charge in [-0.05, 0) is 31.0 Å². The van der Waals surface area contributed by atoms with E-state index >= 15 is 0 Å². The third-order valence-electron chi connectivity index (χ3n) is 4.25. The predicted molar refractivity (Wildman–Crippen MR) is 90.2 cm³/mol. The largest absolute Gasteiger partial charge is 0.490 e. The molecule has 1 aliphatic heterocycles. The van der Waals surface area contributed by atoms with E-state index in [-0.39, 0.29) is 11.9 Å². The molecule has 1 aromatic heterocycles. The second-order valence-corrected chi connectivity index (χ2v) is 5.87. The molecule has 1 fully saturated rings. The number of carbonyl (C=O) groups excluding carboxylic acids is 1. The predicted octanol–water partition coefficient (Wildman–Crippen LogP) is 2.39. The fraction of sp³-hybridized carbons (Fsp3) is 0.444. The minimum Gasteiger partial charge on any atom is -0.490 e. The molecule has 0 saturated carbocycles. The van der Waals surface area contributed by atoms with E-state index in [1.54, 1.807) is 13.3 Å². The highest BCUT2D eigenvalue weighted by molar-refractivity contribution is 5.97. The van der Waals surface area contributed by atoms with E-state index in [1.165, 1.54) is 0 Å². The first kappa shape index (κ1) is 16.5. The summed E-state index contributed by atoms with van der Waals surface area (Å²) in [6, 6.07) is 9.55. The first-order chi connectivity index (χ1) is 11.8. The van der Waals surface area contributed by atoms with E-state index < -0.39 is 0 Å². The maximum absolute atomic E-state index is 13.0. The van der Waals surface area contributed by atoms with Crippen LogP contribution in [0.15, 0.2) is 42.7 Å².